The van der Waals surface area contributed by atoms with Crippen LogP contribution in [0.4, 0.5) is 0 Å². The third-order valence-electron chi connectivity index (χ3n) is 4.62. The van der Waals surface area contributed by atoms with Crippen molar-refractivity contribution in [3.63, 3.8) is 0 Å². The number of hydrogen-bond donors (Lipinski definition) is 0. The molecule has 0 spiro atoms. The minimum Gasteiger partial charge on any atom is -0.140 e. The van der Waals surface area contributed by atoms with E-state index in [2.05, 4.69) is 139 Å². The Balaban J connectivity index is 7.30. The highest BCUT2D eigenvalue weighted by molar-refractivity contribution is 7.50. The molecule has 170 valence electrons. The first-order valence-electron chi connectivity index (χ1n) is 11.0. The fourth-order valence-corrected chi connectivity index (χ4v) is 9.32. The van der Waals surface area contributed by atoms with Crippen LogP contribution in [-0.4, -0.2) is 47.2 Å². The second-order valence-electron chi connectivity index (χ2n) is 14.3. The van der Waals surface area contributed by atoms with Crippen LogP contribution in [0.15, 0.2) is 0 Å². The summed E-state index contributed by atoms with van der Waals surface area (Å²) in [5, 5.41) is 0. The molecule has 0 saturated heterocycles. The zero-order valence-electron chi connectivity index (χ0n) is 22.8. The predicted molar refractivity (Wildman–Crippen MR) is 132 cm³/mol. The van der Waals surface area contributed by atoms with Gasteiger partial charge in [-0.2, -0.15) is 0 Å². The minimum atomic E-state index is -1.30. The fourth-order valence-electron chi connectivity index (χ4n) is 5.12. The summed E-state index contributed by atoms with van der Waals surface area (Å²) in [6, 6.07) is 0. The van der Waals surface area contributed by atoms with E-state index in [1.807, 2.05) is 0 Å². The van der Waals surface area contributed by atoms with E-state index in [1.165, 1.54) is 0 Å². The molecule has 0 unspecified atom stereocenters. The lowest BCUT2D eigenvalue weighted by molar-refractivity contribution is 0.0451. The van der Waals surface area contributed by atoms with Gasteiger partial charge in [-0.25, -0.2) is 0 Å². The second-order valence-corrected chi connectivity index (χ2v) is 16.3. The van der Waals surface area contributed by atoms with Crippen LogP contribution in [0, 0.1) is 0 Å². The first kappa shape index (κ1) is 28.3. The highest BCUT2D eigenvalue weighted by atomic mass is 31.2. The molecular formula is C24H55N3P+. The largest absolute Gasteiger partial charge is 0.216 e. The summed E-state index contributed by atoms with van der Waals surface area (Å²) < 4.78 is 8.49. The van der Waals surface area contributed by atoms with E-state index in [0.717, 1.165) is 0 Å². The van der Waals surface area contributed by atoms with Crippen molar-refractivity contribution in [2.24, 2.45) is 0 Å². The molecule has 0 atom stereocenters. The molecule has 4 heteroatoms. The summed E-state index contributed by atoms with van der Waals surface area (Å²) in [4.78, 5) is 0. The van der Waals surface area contributed by atoms with Gasteiger partial charge in [-0.15, -0.1) is 14.0 Å². The third kappa shape index (κ3) is 7.22. The van der Waals surface area contributed by atoms with Crippen molar-refractivity contribution in [1.82, 2.24) is 14.0 Å². The van der Waals surface area contributed by atoms with Gasteiger partial charge < -0.3 is 0 Å². The quantitative estimate of drug-likeness (QED) is 0.438. The van der Waals surface area contributed by atoms with E-state index in [4.69, 9.17) is 0 Å². The summed E-state index contributed by atoms with van der Waals surface area (Å²) >= 11 is 0. The van der Waals surface area contributed by atoms with E-state index < -0.39 is 8.37 Å². The summed E-state index contributed by atoms with van der Waals surface area (Å²) in [5.74, 6) is 0. The van der Waals surface area contributed by atoms with Crippen LogP contribution in [0.1, 0.15) is 125 Å². The minimum absolute atomic E-state index is 0.0516. The Kier molecular flexibility index (Phi) is 8.19. The maximum atomic E-state index is 2.83. The molecule has 0 rings (SSSR count). The molecule has 0 fully saturated rings. The lowest BCUT2D eigenvalue weighted by atomic mass is 10.0. The monoisotopic (exact) mass is 416 g/mol. The van der Waals surface area contributed by atoms with Gasteiger partial charge in [-0.3, -0.25) is 0 Å². The van der Waals surface area contributed by atoms with E-state index in [0.29, 0.717) is 0 Å². The zero-order chi connectivity index (χ0) is 23.3. The van der Waals surface area contributed by atoms with Gasteiger partial charge in [0.05, 0.1) is 33.2 Å². The van der Waals surface area contributed by atoms with Crippen molar-refractivity contribution in [3.8, 4) is 0 Å². The van der Waals surface area contributed by atoms with Crippen molar-refractivity contribution >= 4 is 8.37 Å². The Morgan fingerprint density at radius 3 is 0.464 bits per heavy atom. The van der Waals surface area contributed by atoms with Crippen molar-refractivity contribution < 1.29 is 0 Å². The first-order chi connectivity index (χ1) is 11.7. The van der Waals surface area contributed by atoms with Gasteiger partial charge in [0.1, 0.15) is 0 Å². The molecule has 3 nitrogen and oxygen atoms in total. The van der Waals surface area contributed by atoms with Crippen molar-refractivity contribution in [2.45, 2.75) is 158 Å². The van der Waals surface area contributed by atoms with Gasteiger partial charge in [-0.1, -0.05) is 0 Å². The normalized spacial score (nSPS) is 16.1. The molecule has 0 aliphatic heterocycles. The van der Waals surface area contributed by atoms with Gasteiger partial charge in [-0.05, 0) is 125 Å². The van der Waals surface area contributed by atoms with E-state index in [-0.39, 0.29) is 33.2 Å². The summed E-state index contributed by atoms with van der Waals surface area (Å²) in [6.45, 7) is 42.9. The molecular weight excluding hydrogens is 361 g/mol. The summed E-state index contributed by atoms with van der Waals surface area (Å²) in [6.07, 6.45) is 0. The van der Waals surface area contributed by atoms with Crippen LogP contribution >= 0.6 is 8.37 Å². The molecule has 0 radical (unpaired) electrons. The fraction of sp³-hybridized carbons (Fsp3) is 1.00. The van der Waals surface area contributed by atoms with Crippen molar-refractivity contribution in [3.05, 3.63) is 0 Å². The van der Waals surface area contributed by atoms with E-state index in [9.17, 15) is 0 Å². The molecule has 0 saturated carbocycles. The number of rotatable bonds is 3. The molecule has 0 aromatic carbocycles. The van der Waals surface area contributed by atoms with Gasteiger partial charge in [0.25, 0.3) is 0 Å². The lowest BCUT2D eigenvalue weighted by Gasteiger charge is -2.58. The summed E-state index contributed by atoms with van der Waals surface area (Å²) in [5.41, 5.74) is 0.310. The average molecular weight is 417 g/mol. The first-order valence-corrected chi connectivity index (χ1v) is 12.4. The molecule has 0 aromatic heterocycles. The maximum Gasteiger partial charge on any atom is 0.216 e. The Morgan fingerprint density at radius 1 is 0.286 bits per heavy atom. The maximum absolute atomic E-state index is 2.83. The third-order valence-corrected chi connectivity index (χ3v) is 9.85. The summed E-state index contributed by atoms with van der Waals surface area (Å²) in [7, 11) is -1.30. The van der Waals surface area contributed by atoms with Crippen LogP contribution in [-0.2, 0) is 0 Å². The Hall–Kier alpha value is 0.310. The van der Waals surface area contributed by atoms with E-state index in [1.54, 1.807) is 0 Å². The Bertz CT molecular complexity index is 381. The van der Waals surface area contributed by atoms with Gasteiger partial charge in [0.2, 0.25) is 8.37 Å². The van der Waals surface area contributed by atoms with Crippen LogP contribution in [0.25, 0.3) is 0 Å². The molecule has 0 amide bonds. The van der Waals surface area contributed by atoms with Gasteiger partial charge in [0, 0.05) is 0 Å². The number of hydrogen-bond acceptors (Lipinski definition) is 3. The Morgan fingerprint density at radius 2 is 0.393 bits per heavy atom. The average Bonchev–Trinajstić information content (AvgIpc) is 2.13. The van der Waals surface area contributed by atoms with Gasteiger partial charge in [0.15, 0.2) is 0 Å². The molecule has 28 heavy (non-hydrogen) atoms. The SMILES string of the molecule is CC(C)(C)N([PH+](N(C(C)(C)C)C(C)(C)C)N(C(C)(C)C)C(C)(C)C)C(C)(C)C. The van der Waals surface area contributed by atoms with Crippen molar-refractivity contribution in [1.29, 1.82) is 0 Å². The predicted octanol–water partition coefficient (Wildman–Crippen LogP) is 7.64. The Labute approximate surface area is 180 Å². The second kappa shape index (κ2) is 8.10. The zero-order valence-corrected chi connectivity index (χ0v) is 23.8. The van der Waals surface area contributed by atoms with Crippen LogP contribution in [0.2, 0.25) is 0 Å². The van der Waals surface area contributed by atoms with Crippen LogP contribution in [0.5, 0.6) is 0 Å². The van der Waals surface area contributed by atoms with E-state index >= 15 is 0 Å². The molecule has 0 aliphatic rings. The molecule has 0 N–H and O–H groups in total. The molecule has 0 bridgehead atoms. The topological polar surface area (TPSA) is 9.72 Å². The van der Waals surface area contributed by atoms with Crippen LogP contribution in [0.3, 0.4) is 0 Å². The highest BCUT2D eigenvalue weighted by Crippen LogP contribution is 2.64. The van der Waals surface area contributed by atoms with Crippen LogP contribution < -0.4 is 0 Å². The van der Waals surface area contributed by atoms with Crippen molar-refractivity contribution in [2.75, 3.05) is 0 Å². The smallest absolute Gasteiger partial charge is 0.140 e. The number of nitrogens with zero attached hydrogens (tertiary/aromatic N) is 3. The lowest BCUT2D eigenvalue weighted by Crippen LogP contribution is -2.64. The van der Waals surface area contributed by atoms with Gasteiger partial charge >= 0.3 is 0 Å². The highest BCUT2D eigenvalue weighted by Gasteiger charge is 2.59. The standard InChI is InChI=1S/C24H54N3P/c1-19(2,3)25(20(4,5)6)28(26(21(7,8)9)22(10,11)12)27(23(13,14)15)24(16,17)18/h1-18H3/p+1. The molecule has 0 aliphatic carbocycles. The molecule has 0 aromatic rings. The molecule has 0 heterocycles.